The van der Waals surface area contributed by atoms with Crippen LogP contribution in [0.25, 0.3) is 0 Å². The van der Waals surface area contributed by atoms with Crippen molar-refractivity contribution >= 4 is 5.78 Å². The van der Waals surface area contributed by atoms with E-state index in [1.54, 1.807) is 6.92 Å². The van der Waals surface area contributed by atoms with Gasteiger partial charge in [-0.25, -0.2) is 4.98 Å². The third-order valence-corrected chi connectivity index (χ3v) is 3.42. The number of halogens is 3. The Morgan fingerprint density at radius 2 is 2.21 bits per heavy atom. The van der Waals surface area contributed by atoms with Crippen LogP contribution in [0, 0.1) is 5.92 Å². The van der Waals surface area contributed by atoms with Gasteiger partial charge in [0.1, 0.15) is 5.69 Å². The maximum absolute atomic E-state index is 12.9. The molecule has 1 aliphatic rings. The van der Waals surface area contributed by atoms with Crippen LogP contribution in [0.4, 0.5) is 13.2 Å². The van der Waals surface area contributed by atoms with Crippen molar-refractivity contribution in [1.29, 1.82) is 0 Å². The summed E-state index contributed by atoms with van der Waals surface area (Å²) in [5.41, 5.74) is 0.317. The summed E-state index contributed by atoms with van der Waals surface area (Å²) < 4.78 is 39.9. The van der Waals surface area contributed by atoms with Gasteiger partial charge in [-0.1, -0.05) is 13.8 Å². The Bertz CT molecular complexity index is 493. The third kappa shape index (κ3) is 2.51. The van der Waals surface area contributed by atoms with E-state index in [1.165, 1.54) is 0 Å². The fourth-order valence-corrected chi connectivity index (χ4v) is 2.14. The van der Waals surface area contributed by atoms with E-state index in [9.17, 15) is 18.0 Å². The number of nitrogens with one attached hydrogen (secondary N) is 1. The number of carbonyl (C=O) groups excluding carboxylic acids is 1. The van der Waals surface area contributed by atoms with Crippen molar-refractivity contribution in [3.63, 3.8) is 0 Å². The highest BCUT2D eigenvalue weighted by molar-refractivity contribution is 5.97. The second-order valence-electron chi connectivity index (χ2n) is 4.73. The smallest absolute Gasteiger partial charge is 0.321 e. The minimum absolute atomic E-state index is 0.0334. The van der Waals surface area contributed by atoms with Crippen molar-refractivity contribution in [2.24, 2.45) is 5.92 Å². The lowest BCUT2D eigenvalue weighted by Gasteiger charge is -2.19. The van der Waals surface area contributed by atoms with Gasteiger partial charge in [-0.05, 0) is 6.42 Å². The zero-order valence-electron chi connectivity index (χ0n) is 10.8. The van der Waals surface area contributed by atoms with E-state index < -0.39 is 12.0 Å². The van der Waals surface area contributed by atoms with Crippen LogP contribution in [-0.2, 0) is 19.3 Å². The Balaban J connectivity index is 2.51. The van der Waals surface area contributed by atoms with Crippen LogP contribution in [0.3, 0.4) is 0 Å². The molecule has 0 amide bonds. The molecule has 106 valence electrons. The Morgan fingerprint density at radius 1 is 1.53 bits per heavy atom. The van der Waals surface area contributed by atoms with Crippen LogP contribution in [-0.4, -0.2) is 21.9 Å². The quantitative estimate of drug-likeness (QED) is 0.860. The molecule has 0 saturated heterocycles. The normalized spacial score (nSPS) is 17.1. The summed E-state index contributed by atoms with van der Waals surface area (Å²) in [4.78, 5) is 15.7. The Kier molecular flexibility index (Phi) is 3.66. The molecule has 1 atom stereocenters. The molecule has 0 spiro atoms. The van der Waals surface area contributed by atoms with Gasteiger partial charge in [0.25, 0.3) is 0 Å². The molecule has 2 heterocycles. The highest BCUT2D eigenvalue weighted by atomic mass is 19.4. The summed E-state index contributed by atoms with van der Waals surface area (Å²) in [5.74, 6) is -1.59. The van der Waals surface area contributed by atoms with E-state index in [-0.39, 0.29) is 30.5 Å². The first kappa shape index (κ1) is 14.0. The number of hydrogen-bond donors (Lipinski definition) is 1. The van der Waals surface area contributed by atoms with Crippen molar-refractivity contribution in [2.45, 2.75) is 39.5 Å². The van der Waals surface area contributed by atoms with Gasteiger partial charge in [0.15, 0.2) is 5.78 Å². The lowest BCUT2D eigenvalue weighted by Crippen LogP contribution is -2.31. The van der Waals surface area contributed by atoms with Gasteiger partial charge in [-0.2, -0.15) is 13.2 Å². The van der Waals surface area contributed by atoms with E-state index in [4.69, 9.17) is 0 Å². The predicted octanol–water partition coefficient (Wildman–Crippen LogP) is 2.23. The molecular weight excluding hydrogens is 259 g/mol. The molecular formula is C12H16F3N3O. The lowest BCUT2D eigenvalue weighted by atomic mass is 10.00. The summed E-state index contributed by atoms with van der Waals surface area (Å²) in [5, 5.41) is 2.98. The van der Waals surface area contributed by atoms with Crippen LogP contribution in [0.1, 0.15) is 42.3 Å². The number of fused-ring (bicyclic) bond motifs is 1. The van der Waals surface area contributed by atoms with Gasteiger partial charge in [-0.3, -0.25) is 4.79 Å². The SMILES string of the molecule is CCC(C)C(=O)c1nc(C(F)(F)F)n2c1CNCC2. The second-order valence-corrected chi connectivity index (χ2v) is 4.73. The Morgan fingerprint density at radius 3 is 2.79 bits per heavy atom. The maximum Gasteiger partial charge on any atom is 0.449 e. The topological polar surface area (TPSA) is 46.9 Å². The van der Waals surface area contributed by atoms with Crippen LogP contribution in [0.15, 0.2) is 0 Å². The molecule has 7 heteroatoms. The fraction of sp³-hybridized carbons (Fsp3) is 0.667. The molecule has 0 aromatic carbocycles. The largest absolute Gasteiger partial charge is 0.449 e. The zero-order valence-corrected chi connectivity index (χ0v) is 10.8. The van der Waals surface area contributed by atoms with Gasteiger partial charge < -0.3 is 9.88 Å². The first-order valence-electron chi connectivity index (χ1n) is 6.27. The molecule has 0 bridgehead atoms. The number of nitrogens with zero attached hydrogens (tertiary/aromatic N) is 2. The molecule has 19 heavy (non-hydrogen) atoms. The molecule has 2 rings (SSSR count). The van der Waals surface area contributed by atoms with E-state index in [0.29, 0.717) is 18.7 Å². The van der Waals surface area contributed by atoms with Crippen LogP contribution >= 0.6 is 0 Å². The number of aromatic nitrogens is 2. The van der Waals surface area contributed by atoms with Crippen molar-refractivity contribution < 1.29 is 18.0 Å². The molecule has 1 unspecified atom stereocenters. The van der Waals surface area contributed by atoms with Crippen molar-refractivity contribution in [1.82, 2.24) is 14.9 Å². The number of rotatable bonds is 3. The van der Waals surface area contributed by atoms with E-state index in [2.05, 4.69) is 10.3 Å². The van der Waals surface area contributed by atoms with E-state index in [1.807, 2.05) is 6.92 Å². The van der Waals surface area contributed by atoms with Crippen LogP contribution in [0.5, 0.6) is 0 Å². The lowest BCUT2D eigenvalue weighted by molar-refractivity contribution is -0.147. The number of carbonyl (C=O) groups is 1. The van der Waals surface area contributed by atoms with Crippen LogP contribution in [0.2, 0.25) is 0 Å². The summed E-state index contributed by atoms with van der Waals surface area (Å²) in [6.45, 7) is 4.42. The number of ketones is 1. The second kappa shape index (κ2) is 4.96. The maximum atomic E-state index is 12.9. The number of alkyl halides is 3. The summed E-state index contributed by atoms with van der Waals surface area (Å²) in [6.07, 6.45) is -3.94. The molecule has 1 aromatic rings. The summed E-state index contributed by atoms with van der Waals surface area (Å²) in [6, 6.07) is 0. The first-order valence-corrected chi connectivity index (χ1v) is 6.27. The summed E-state index contributed by atoms with van der Waals surface area (Å²) >= 11 is 0. The predicted molar refractivity (Wildman–Crippen MR) is 62.7 cm³/mol. The Hall–Kier alpha value is -1.37. The van der Waals surface area contributed by atoms with Crippen LogP contribution < -0.4 is 5.32 Å². The van der Waals surface area contributed by atoms with Gasteiger partial charge in [-0.15, -0.1) is 0 Å². The highest BCUT2D eigenvalue weighted by Crippen LogP contribution is 2.32. The molecule has 0 radical (unpaired) electrons. The number of Topliss-reactive ketones (excluding diaryl/α,β-unsaturated/α-hetero) is 1. The van der Waals surface area contributed by atoms with Gasteiger partial charge in [0, 0.05) is 25.6 Å². The van der Waals surface area contributed by atoms with Crippen molar-refractivity contribution in [2.75, 3.05) is 6.54 Å². The minimum Gasteiger partial charge on any atom is -0.321 e. The molecule has 1 N–H and O–H groups in total. The van der Waals surface area contributed by atoms with Crippen molar-refractivity contribution in [3.8, 4) is 0 Å². The van der Waals surface area contributed by atoms with Crippen molar-refractivity contribution in [3.05, 3.63) is 17.2 Å². The fourth-order valence-electron chi connectivity index (χ4n) is 2.14. The van der Waals surface area contributed by atoms with Gasteiger partial charge >= 0.3 is 6.18 Å². The first-order chi connectivity index (χ1) is 8.86. The molecule has 4 nitrogen and oxygen atoms in total. The molecule has 0 aliphatic carbocycles. The standard InChI is InChI=1S/C12H16F3N3O/c1-3-7(2)10(19)9-8-6-16-4-5-18(8)11(17-9)12(13,14)15/h7,16H,3-6H2,1-2H3. The average molecular weight is 275 g/mol. The zero-order chi connectivity index (χ0) is 14.2. The highest BCUT2D eigenvalue weighted by Gasteiger charge is 2.40. The molecule has 0 fully saturated rings. The summed E-state index contributed by atoms with van der Waals surface area (Å²) in [7, 11) is 0. The van der Waals surface area contributed by atoms with E-state index in [0.717, 1.165) is 4.57 Å². The third-order valence-electron chi connectivity index (χ3n) is 3.42. The number of imidazole rings is 1. The molecule has 1 aromatic heterocycles. The monoisotopic (exact) mass is 275 g/mol. The minimum atomic E-state index is -4.53. The van der Waals surface area contributed by atoms with Gasteiger partial charge in [0.05, 0.1) is 5.69 Å². The van der Waals surface area contributed by atoms with Gasteiger partial charge in [0.2, 0.25) is 5.82 Å². The molecule has 0 saturated carbocycles. The Labute approximate surface area is 109 Å². The molecule has 1 aliphatic heterocycles. The number of hydrogen-bond acceptors (Lipinski definition) is 3. The van der Waals surface area contributed by atoms with E-state index >= 15 is 0 Å². The average Bonchev–Trinajstić information content (AvgIpc) is 2.76.